The van der Waals surface area contributed by atoms with Crippen molar-refractivity contribution in [2.45, 2.75) is 26.2 Å². The number of carbonyl (C=O) groups is 1. The fourth-order valence-corrected chi connectivity index (χ4v) is 2.31. The van der Waals surface area contributed by atoms with Crippen LogP contribution in [0.5, 0.6) is 11.5 Å². The lowest BCUT2D eigenvalue weighted by atomic mass is 10.00. The van der Waals surface area contributed by atoms with Gasteiger partial charge in [-0.2, -0.15) is 0 Å². The van der Waals surface area contributed by atoms with Gasteiger partial charge in [0.25, 0.3) is 0 Å². The van der Waals surface area contributed by atoms with E-state index >= 15 is 0 Å². The molecule has 0 N–H and O–H groups in total. The summed E-state index contributed by atoms with van der Waals surface area (Å²) in [6.07, 6.45) is 2.94. The van der Waals surface area contributed by atoms with Gasteiger partial charge < -0.3 is 14.3 Å². The normalized spacial score (nSPS) is 12.9. The van der Waals surface area contributed by atoms with E-state index in [2.05, 4.69) is 0 Å². The molecule has 16 heavy (non-hydrogen) atoms. The van der Waals surface area contributed by atoms with Crippen LogP contribution in [-0.2, 0) is 17.6 Å². The zero-order valence-corrected chi connectivity index (χ0v) is 9.84. The number of hydrogen-bond acceptors (Lipinski definition) is 3. The van der Waals surface area contributed by atoms with Crippen LogP contribution in [0.2, 0.25) is 5.02 Å². The Hall–Kier alpha value is -1.22. The molecule has 1 aliphatic heterocycles. The smallest absolute Gasteiger partial charge is 0.231 e. The molecule has 0 saturated heterocycles. The van der Waals surface area contributed by atoms with Crippen LogP contribution in [0.25, 0.3) is 0 Å². The molecule has 1 aromatic rings. The van der Waals surface area contributed by atoms with E-state index in [1.807, 2.05) is 13.0 Å². The van der Waals surface area contributed by atoms with Crippen molar-refractivity contribution in [3.63, 3.8) is 0 Å². The summed E-state index contributed by atoms with van der Waals surface area (Å²) in [6.45, 7) is 2.25. The van der Waals surface area contributed by atoms with Crippen LogP contribution in [0.4, 0.5) is 0 Å². The van der Waals surface area contributed by atoms with E-state index in [1.54, 1.807) is 0 Å². The van der Waals surface area contributed by atoms with Crippen molar-refractivity contribution >= 4 is 17.9 Å². The van der Waals surface area contributed by atoms with Gasteiger partial charge in [0.15, 0.2) is 11.5 Å². The summed E-state index contributed by atoms with van der Waals surface area (Å²) in [5, 5.41) is 0.624. The number of carbonyl (C=O) groups excluding carboxylic acids is 1. The average Bonchev–Trinajstić information content (AvgIpc) is 2.75. The first-order valence-electron chi connectivity index (χ1n) is 5.31. The number of ether oxygens (including phenoxy) is 2. The Kier molecular flexibility index (Phi) is 3.34. The molecular formula is C12H13ClO3. The van der Waals surface area contributed by atoms with Crippen molar-refractivity contribution in [1.82, 2.24) is 0 Å². The first kappa shape index (κ1) is 11.3. The molecule has 0 amide bonds. The van der Waals surface area contributed by atoms with Crippen molar-refractivity contribution in [2.24, 2.45) is 0 Å². The number of fused-ring (bicyclic) bond motifs is 1. The van der Waals surface area contributed by atoms with Crippen molar-refractivity contribution in [3.05, 3.63) is 22.2 Å². The lowest BCUT2D eigenvalue weighted by molar-refractivity contribution is -0.107. The van der Waals surface area contributed by atoms with E-state index in [-0.39, 0.29) is 6.79 Å². The second kappa shape index (κ2) is 4.74. The molecule has 0 fully saturated rings. The van der Waals surface area contributed by atoms with Crippen LogP contribution in [0, 0.1) is 0 Å². The van der Waals surface area contributed by atoms with Crippen molar-refractivity contribution in [1.29, 1.82) is 0 Å². The summed E-state index contributed by atoms with van der Waals surface area (Å²) in [4.78, 5) is 10.4. The molecule has 0 saturated carbocycles. The number of halogens is 1. The molecule has 0 aliphatic carbocycles. The number of aldehydes is 1. The zero-order valence-electron chi connectivity index (χ0n) is 9.09. The molecule has 1 aromatic carbocycles. The van der Waals surface area contributed by atoms with Crippen LogP contribution in [0.1, 0.15) is 24.5 Å². The van der Waals surface area contributed by atoms with Crippen molar-refractivity contribution in [3.8, 4) is 11.5 Å². The third kappa shape index (κ3) is 1.87. The molecule has 3 nitrogen and oxygen atoms in total. The number of benzene rings is 1. The van der Waals surface area contributed by atoms with Gasteiger partial charge in [0.1, 0.15) is 6.29 Å². The van der Waals surface area contributed by atoms with E-state index in [0.717, 1.165) is 23.8 Å². The van der Waals surface area contributed by atoms with Gasteiger partial charge in [-0.05, 0) is 30.0 Å². The Labute approximate surface area is 99.3 Å². The highest BCUT2D eigenvalue weighted by molar-refractivity contribution is 6.33. The van der Waals surface area contributed by atoms with Gasteiger partial charge in [0, 0.05) is 6.42 Å². The summed E-state index contributed by atoms with van der Waals surface area (Å²) < 4.78 is 10.6. The molecule has 0 atom stereocenters. The summed E-state index contributed by atoms with van der Waals surface area (Å²) in [5.74, 6) is 1.32. The van der Waals surface area contributed by atoms with Gasteiger partial charge >= 0.3 is 0 Å². The molecule has 0 bridgehead atoms. The largest absolute Gasteiger partial charge is 0.454 e. The molecule has 86 valence electrons. The Morgan fingerprint density at radius 2 is 2.31 bits per heavy atom. The van der Waals surface area contributed by atoms with Crippen LogP contribution in [0.15, 0.2) is 6.07 Å². The quantitative estimate of drug-likeness (QED) is 0.760. The SMILES string of the molecule is CCc1c(CCC=O)cc2c(c1Cl)OCO2. The van der Waals surface area contributed by atoms with Crippen LogP contribution < -0.4 is 9.47 Å². The molecule has 0 spiro atoms. The third-order valence-electron chi connectivity index (χ3n) is 2.68. The highest BCUT2D eigenvalue weighted by atomic mass is 35.5. The molecule has 0 aromatic heterocycles. The van der Waals surface area contributed by atoms with Crippen molar-refractivity contribution < 1.29 is 14.3 Å². The maximum absolute atomic E-state index is 10.4. The number of rotatable bonds is 4. The molecule has 0 unspecified atom stereocenters. The van der Waals surface area contributed by atoms with E-state index in [4.69, 9.17) is 21.1 Å². The number of aryl methyl sites for hydroxylation is 1. The van der Waals surface area contributed by atoms with E-state index in [0.29, 0.717) is 29.4 Å². The number of hydrogen-bond donors (Lipinski definition) is 0. The monoisotopic (exact) mass is 240 g/mol. The predicted octanol–water partition coefficient (Wildman–Crippen LogP) is 2.76. The minimum atomic E-state index is 0.218. The summed E-state index contributed by atoms with van der Waals surface area (Å²) in [6, 6.07) is 1.93. The maximum Gasteiger partial charge on any atom is 0.231 e. The Morgan fingerprint density at radius 1 is 1.50 bits per heavy atom. The third-order valence-corrected chi connectivity index (χ3v) is 3.08. The second-order valence-corrected chi connectivity index (χ2v) is 4.00. The van der Waals surface area contributed by atoms with Crippen LogP contribution >= 0.6 is 11.6 Å². The molecular weight excluding hydrogens is 228 g/mol. The standard InChI is InChI=1S/C12H13ClO3/c1-2-9-8(4-3-5-14)6-10-12(11(9)13)16-7-15-10/h5-6H,2-4,7H2,1H3. The van der Waals surface area contributed by atoms with E-state index in [1.165, 1.54) is 0 Å². The van der Waals surface area contributed by atoms with Gasteiger partial charge in [-0.1, -0.05) is 18.5 Å². The molecule has 1 aliphatic rings. The zero-order chi connectivity index (χ0) is 11.5. The summed E-state index contributed by atoms with van der Waals surface area (Å²) >= 11 is 6.25. The Bertz CT molecular complexity index is 415. The fraction of sp³-hybridized carbons (Fsp3) is 0.417. The highest BCUT2D eigenvalue weighted by Gasteiger charge is 2.22. The average molecular weight is 241 g/mol. The topological polar surface area (TPSA) is 35.5 Å². The molecule has 1 heterocycles. The minimum absolute atomic E-state index is 0.218. The summed E-state index contributed by atoms with van der Waals surface area (Å²) in [5.41, 5.74) is 2.12. The maximum atomic E-state index is 10.4. The van der Waals surface area contributed by atoms with Crippen LogP contribution in [0.3, 0.4) is 0 Å². The fourth-order valence-electron chi connectivity index (χ4n) is 1.91. The van der Waals surface area contributed by atoms with E-state index in [9.17, 15) is 4.79 Å². The van der Waals surface area contributed by atoms with Gasteiger partial charge in [-0.25, -0.2) is 0 Å². The lowest BCUT2D eigenvalue weighted by Crippen LogP contribution is -1.96. The van der Waals surface area contributed by atoms with Crippen LogP contribution in [-0.4, -0.2) is 13.1 Å². The Morgan fingerprint density at radius 3 is 3.00 bits per heavy atom. The first-order chi connectivity index (χ1) is 7.77. The second-order valence-electron chi connectivity index (χ2n) is 3.62. The van der Waals surface area contributed by atoms with Gasteiger partial charge in [-0.15, -0.1) is 0 Å². The Balaban J connectivity index is 2.43. The van der Waals surface area contributed by atoms with Gasteiger partial charge in [-0.3, -0.25) is 0 Å². The van der Waals surface area contributed by atoms with E-state index < -0.39 is 0 Å². The molecule has 2 rings (SSSR count). The minimum Gasteiger partial charge on any atom is -0.454 e. The van der Waals surface area contributed by atoms with Gasteiger partial charge in [0.05, 0.1) is 5.02 Å². The van der Waals surface area contributed by atoms with Crippen molar-refractivity contribution in [2.75, 3.05) is 6.79 Å². The summed E-state index contributed by atoms with van der Waals surface area (Å²) in [7, 11) is 0. The first-order valence-corrected chi connectivity index (χ1v) is 5.69. The lowest BCUT2D eigenvalue weighted by Gasteiger charge is -2.11. The molecule has 4 heteroatoms. The van der Waals surface area contributed by atoms with Gasteiger partial charge in [0.2, 0.25) is 6.79 Å². The predicted molar refractivity (Wildman–Crippen MR) is 61.3 cm³/mol. The highest BCUT2D eigenvalue weighted by Crippen LogP contribution is 2.43. The molecule has 0 radical (unpaired) electrons.